The lowest BCUT2D eigenvalue weighted by molar-refractivity contribution is -0.158. The lowest BCUT2D eigenvalue weighted by atomic mass is 9.96. The molecule has 2 fully saturated rings. The Balaban J connectivity index is 2.17. The summed E-state index contributed by atoms with van der Waals surface area (Å²) in [6.07, 6.45) is 0. The number of carbonyl (C=O) groups is 2. The van der Waals surface area contributed by atoms with Gasteiger partial charge >= 0.3 is 5.97 Å². The molecule has 0 spiro atoms. The van der Waals surface area contributed by atoms with E-state index in [1.165, 1.54) is 16.7 Å². The minimum atomic E-state index is -2.35. The number of hydrogen-bond donors (Lipinski definition) is 3. The quantitative estimate of drug-likeness (QED) is 0.387. The van der Waals surface area contributed by atoms with Crippen molar-refractivity contribution in [3.63, 3.8) is 0 Å². The molecular weight excluding hydrogens is 331 g/mol. The van der Waals surface area contributed by atoms with Crippen molar-refractivity contribution in [2.45, 2.75) is 55.7 Å². The van der Waals surface area contributed by atoms with Gasteiger partial charge in [-0.3, -0.25) is 9.59 Å². The molecule has 21 heavy (non-hydrogen) atoms. The first kappa shape index (κ1) is 17.2. The largest absolute Gasteiger partial charge is 0.518 e. The Labute approximate surface area is 130 Å². The predicted octanol–water partition coefficient (Wildman–Crippen LogP) is 0.596. The number of fused-ring (bicyclic) bond motifs is 1. The second-order valence-electron chi connectivity index (χ2n) is 6.69. The number of amides is 1. The molecular formula is C11H21N2O5PSSi. The highest BCUT2D eigenvalue weighted by Gasteiger charge is 2.64. The Morgan fingerprint density at radius 3 is 2.48 bits per heavy atom. The Morgan fingerprint density at radius 2 is 2.00 bits per heavy atom. The van der Waals surface area contributed by atoms with Crippen molar-refractivity contribution in [2.24, 2.45) is 0 Å². The summed E-state index contributed by atoms with van der Waals surface area (Å²) in [5, 5.41) is 2.20. The molecule has 3 N–H and O–H groups in total. The molecule has 7 nitrogen and oxygen atoms in total. The molecule has 2 aliphatic rings. The van der Waals surface area contributed by atoms with Gasteiger partial charge in [-0.25, -0.2) is 5.09 Å². The molecule has 3 atom stereocenters. The van der Waals surface area contributed by atoms with Crippen LogP contribution in [0.5, 0.6) is 0 Å². The second-order valence-corrected chi connectivity index (χ2v) is 13.7. The van der Waals surface area contributed by atoms with E-state index in [1.807, 2.05) is 33.5 Å². The van der Waals surface area contributed by atoms with Crippen LogP contribution in [0.1, 0.15) is 13.8 Å². The first-order valence-electron chi connectivity index (χ1n) is 6.61. The summed E-state index contributed by atoms with van der Waals surface area (Å²) >= 11 is 1.48. The van der Waals surface area contributed by atoms with Gasteiger partial charge in [0.15, 0.2) is 0 Å². The number of thioether (sulfide) groups is 1. The fourth-order valence-corrected chi connectivity index (χ4v) is 5.53. The normalized spacial score (nSPS) is 31.1. The van der Waals surface area contributed by atoms with Crippen LogP contribution in [0.2, 0.25) is 19.6 Å². The molecule has 0 unspecified atom stereocenters. The summed E-state index contributed by atoms with van der Waals surface area (Å²) < 4.78 is 5.08. The zero-order valence-electron chi connectivity index (χ0n) is 12.7. The maximum Gasteiger partial charge on any atom is 0.317 e. The highest BCUT2D eigenvalue weighted by Crippen LogP contribution is 2.52. The van der Waals surface area contributed by atoms with Crippen LogP contribution in [0.25, 0.3) is 0 Å². The van der Waals surface area contributed by atoms with E-state index < -0.39 is 33.7 Å². The zero-order valence-corrected chi connectivity index (χ0v) is 15.4. The first-order valence-corrected chi connectivity index (χ1v) is 12.1. The third-order valence-corrected chi connectivity index (χ3v) is 6.22. The van der Waals surface area contributed by atoms with Crippen molar-refractivity contribution in [3.05, 3.63) is 0 Å². The van der Waals surface area contributed by atoms with E-state index in [0.717, 1.165) is 0 Å². The number of nitrogens with one attached hydrogen (secondary N) is 1. The van der Waals surface area contributed by atoms with Gasteiger partial charge in [0, 0.05) is 4.75 Å². The van der Waals surface area contributed by atoms with Crippen LogP contribution in [0.15, 0.2) is 0 Å². The minimum absolute atomic E-state index is 0.268. The van der Waals surface area contributed by atoms with Crippen LogP contribution >= 0.6 is 20.3 Å². The number of carbonyl (C=O) groups excluding carboxylic acids is 2. The van der Waals surface area contributed by atoms with Gasteiger partial charge in [-0.05, 0) is 33.5 Å². The van der Waals surface area contributed by atoms with E-state index in [2.05, 4.69) is 5.09 Å². The molecule has 2 saturated heterocycles. The fourth-order valence-electron chi connectivity index (χ4n) is 2.59. The first-order chi connectivity index (χ1) is 9.44. The van der Waals surface area contributed by atoms with E-state index in [-0.39, 0.29) is 17.3 Å². The topological polar surface area (TPSA) is 99.1 Å². The highest BCUT2D eigenvalue weighted by atomic mass is 32.2. The average molecular weight is 352 g/mol. The number of β-lactam (4-membered cyclic amide) rings is 1. The van der Waals surface area contributed by atoms with E-state index in [4.69, 9.17) is 14.2 Å². The molecule has 0 aromatic carbocycles. The summed E-state index contributed by atoms with van der Waals surface area (Å²) in [5.74, 6) is -0.651. The lowest BCUT2D eigenvalue weighted by Crippen LogP contribution is -2.69. The average Bonchev–Trinajstić information content (AvgIpc) is 2.52. The fraction of sp³-hybridized carbons (Fsp3) is 0.818. The summed E-state index contributed by atoms with van der Waals surface area (Å²) in [7, 11) is -4.38. The van der Waals surface area contributed by atoms with Gasteiger partial charge in [-0.15, -0.1) is 11.8 Å². The smallest absolute Gasteiger partial charge is 0.317 e. The molecule has 0 aromatic rings. The van der Waals surface area contributed by atoms with Crippen LogP contribution in [0.3, 0.4) is 0 Å². The Hall–Kier alpha value is -0.183. The van der Waals surface area contributed by atoms with Gasteiger partial charge in [0.1, 0.15) is 17.5 Å². The zero-order chi connectivity index (χ0) is 16.2. The van der Waals surface area contributed by atoms with Crippen molar-refractivity contribution in [1.82, 2.24) is 9.99 Å². The number of hydrogen-bond acceptors (Lipinski definition) is 7. The lowest BCUT2D eigenvalue weighted by Gasteiger charge is -2.44. The third kappa shape index (κ3) is 3.28. The van der Waals surface area contributed by atoms with Crippen LogP contribution in [-0.4, -0.2) is 57.1 Å². The predicted molar refractivity (Wildman–Crippen MR) is 83.8 cm³/mol. The van der Waals surface area contributed by atoms with Gasteiger partial charge in [0.2, 0.25) is 14.2 Å². The van der Waals surface area contributed by atoms with Crippen molar-refractivity contribution in [1.29, 1.82) is 0 Å². The minimum Gasteiger partial charge on any atom is -0.518 e. The molecule has 1 amide bonds. The second kappa shape index (κ2) is 5.47. The molecule has 0 radical (unpaired) electrons. The molecule has 2 aliphatic heterocycles. The summed E-state index contributed by atoms with van der Waals surface area (Å²) in [6, 6.07) is -1.28. The van der Waals surface area contributed by atoms with Crippen LogP contribution in [-0.2, 0) is 14.0 Å². The number of rotatable bonds is 4. The Morgan fingerprint density at radius 1 is 1.43 bits per heavy atom. The van der Waals surface area contributed by atoms with Crippen molar-refractivity contribution < 1.29 is 23.8 Å². The van der Waals surface area contributed by atoms with E-state index in [9.17, 15) is 9.59 Å². The summed E-state index contributed by atoms with van der Waals surface area (Å²) in [5.41, 5.74) is 0. The third-order valence-electron chi connectivity index (χ3n) is 3.33. The molecule has 0 saturated carbocycles. The molecule has 0 aliphatic carbocycles. The van der Waals surface area contributed by atoms with Gasteiger partial charge in [0.25, 0.3) is 8.53 Å². The van der Waals surface area contributed by atoms with Crippen LogP contribution in [0, 0.1) is 0 Å². The standard InChI is InChI=1S/C11H21N2O5PSSi/c1-11(2)7(10(15)18-21(3,4)5)13-8(14)6(9(13)20-11)12-19(16)17/h6-7,9,12,16-17H,1-5H3/t6-,7+,9-/m1/s1. The maximum atomic E-state index is 12.4. The van der Waals surface area contributed by atoms with E-state index in [0.29, 0.717) is 0 Å². The summed E-state index contributed by atoms with van der Waals surface area (Å²) in [4.78, 5) is 44.2. The molecule has 2 rings (SSSR count). The molecule has 10 heteroatoms. The van der Waals surface area contributed by atoms with Crippen LogP contribution in [0.4, 0.5) is 0 Å². The van der Waals surface area contributed by atoms with Gasteiger partial charge < -0.3 is 19.1 Å². The Kier molecular flexibility index (Phi) is 4.47. The maximum absolute atomic E-state index is 12.4. The summed E-state index contributed by atoms with van der Waals surface area (Å²) in [6.45, 7) is 9.56. The monoisotopic (exact) mass is 352 g/mol. The van der Waals surface area contributed by atoms with E-state index in [1.54, 1.807) is 0 Å². The van der Waals surface area contributed by atoms with E-state index >= 15 is 0 Å². The Bertz CT molecular complexity index is 470. The highest BCUT2D eigenvalue weighted by molar-refractivity contribution is 8.01. The van der Waals surface area contributed by atoms with Crippen LogP contribution < -0.4 is 5.09 Å². The van der Waals surface area contributed by atoms with Crippen molar-refractivity contribution in [3.8, 4) is 0 Å². The SMILES string of the molecule is CC1(C)S[C@@H]2[C@H](NP(O)O)C(=O)N2[C@H]1C(=O)O[Si](C)(C)C. The van der Waals surface area contributed by atoms with Gasteiger partial charge in [0.05, 0.1) is 0 Å². The van der Waals surface area contributed by atoms with Crippen molar-refractivity contribution in [2.75, 3.05) is 0 Å². The molecule has 2 heterocycles. The molecule has 0 bridgehead atoms. The van der Waals surface area contributed by atoms with Gasteiger partial charge in [-0.1, -0.05) is 0 Å². The van der Waals surface area contributed by atoms with Crippen molar-refractivity contribution >= 4 is 40.5 Å². The molecule has 120 valence electrons. The van der Waals surface area contributed by atoms with Gasteiger partial charge in [-0.2, -0.15) is 0 Å². The molecule has 0 aromatic heterocycles. The number of nitrogens with zero attached hydrogens (tertiary/aromatic N) is 1.